The van der Waals surface area contributed by atoms with E-state index in [0.717, 1.165) is 44.3 Å². The lowest BCUT2D eigenvalue weighted by Gasteiger charge is -2.20. The molecule has 1 aromatic carbocycles. The fourth-order valence-corrected chi connectivity index (χ4v) is 3.97. The minimum absolute atomic E-state index is 0. The zero-order chi connectivity index (χ0) is 18.2. The zero-order valence-electron chi connectivity index (χ0n) is 16.0. The van der Waals surface area contributed by atoms with Gasteiger partial charge in [-0.1, -0.05) is 12.1 Å². The molecule has 3 rings (SSSR count). The summed E-state index contributed by atoms with van der Waals surface area (Å²) < 4.78 is 5.34. The van der Waals surface area contributed by atoms with Crippen LogP contribution in [0, 0.1) is 5.92 Å². The summed E-state index contributed by atoms with van der Waals surface area (Å²) in [6.07, 6.45) is 2.22. The maximum atomic E-state index is 5.34. The van der Waals surface area contributed by atoms with E-state index in [1.54, 1.807) is 18.4 Å². The summed E-state index contributed by atoms with van der Waals surface area (Å²) >= 11 is 1.80. The Bertz CT molecular complexity index is 708. The molecule has 1 fully saturated rings. The number of anilines is 1. The van der Waals surface area contributed by atoms with Crippen LogP contribution in [0.1, 0.15) is 11.3 Å². The summed E-state index contributed by atoms with van der Waals surface area (Å²) in [5.74, 6) is 2.43. The Hall–Kier alpha value is -1.48. The van der Waals surface area contributed by atoms with Crippen LogP contribution in [-0.2, 0) is 6.42 Å². The molecular weight excluding hydrogens is 471 g/mol. The normalized spacial score (nSPS) is 16.7. The lowest BCUT2D eigenvalue weighted by atomic mass is 10.1. The quantitative estimate of drug-likeness (QED) is 0.347. The standard InChI is InChI=1S/C20H28N4OS.HI/c1-21-20(22-10-8-19-7-4-12-26-19)23-14-16-9-11-24(15-16)17-5-3-6-18(13-17)25-2;/h3-7,12-13,16H,8-11,14-15H2,1-2H3,(H2,21,22,23);1H. The van der Waals surface area contributed by atoms with Crippen molar-refractivity contribution in [3.63, 3.8) is 0 Å². The molecule has 1 saturated heterocycles. The largest absolute Gasteiger partial charge is 0.497 e. The molecule has 2 aromatic rings. The number of halogens is 1. The molecule has 0 spiro atoms. The third-order valence-electron chi connectivity index (χ3n) is 4.73. The van der Waals surface area contributed by atoms with Gasteiger partial charge >= 0.3 is 0 Å². The van der Waals surface area contributed by atoms with Crippen molar-refractivity contribution >= 4 is 47.0 Å². The molecule has 1 unspecified atom stereocenters. The van der Waals surface area contributed by atoms with Crippen molar-refractivity contribution in [1.82, 2.24) is 10.6 Å². The molecule has 0 bridgehead atoms. The summed E-state index contributed by atoms with van der Waals surface area (Å²) in [7, 11) is 3.55. The van der Waals surface area contributed by atoms with Crippen molar-refractivity contribution in [3.8, 4) is 5.75 Å². The summed E-state index contributed by atoms with van der Waals surface area (Å²) in [5.41, 5.74) is 1.24. The highest BCUT2D eigenvalue weighted by Crippen LogP contribution is 2.26. The molecule has 27 heavy (non-hydrogen) atoms. The van der Waals surface area contributed by atoms with Crippen molar-refractivity contribution in [3.05, 3.63) is 46.7 Å². The van der Waals surface area contributed by atoms with Crippen LogP contribution < -0.4 is 20.3 Å². The number of benzene rings is 1. The molecule has 1 aliphatic rings. The monoisotopic (exact) mass is 500 g/mol. The van der Waals surface area contributed by atoms with Gasteiger partial charge in [0.05, 0.1) is 7.11 Å². The van der Waals surface area contributed by atoms with E-state index in [2.05, 4.69) is 56.2 Å². The number of nitrogens with zero attached hydrogens (tertiary/aromatic N) is 2. The molecule has 2 N–H and O–H groups in total. The minimum Gasteiger partial charge on any atom is -0.497 e. The molecule has 1 aromatic heterocycles. The van der Waals surface area contributed by atoms with Crippen molar-refractivity contribution in [2.75, 3.05) is 45.2 Å². The summed E-state index contributed by atoms with van der Waals surface area (Å²) in [6.45, 7) is 4.00. The van der Waals surface area contributed by atoms with Gasteiger partial charge in [-0.25, -0.2) is 0 Å². The lowest BCUT2D eigenvalue weighted by molar-refractivity contribution is 0.415. The first-order chi connectivity index (χ1) is 12.8. The third kappa shape index (κ3) is 6.57. The van der Waals surface area contributed by atoms with Crippen LogP contribution in [0.5, 0.6) is 5.75 Å². The molecular formula is C20H29IN4OS. The van der Waals surface area contributed by atoms with Gasteiger partial charge in [-0.2, -0.15) is 0 Å². The first kappa shape index (κ1) is 21.8. The van der Waals surface area contributed by atoms with Gasteiger partial charge in [0.2, 0.25) is 0 Å². The van der Waals surface area contributed by atoms with Crippen LogP contribution in [-0.4, -0.2) is 46.3 Å². The Morgan fingerprint density at radius 3 is 2.93 bits per heavy atom. The van der Waals surface area contributed by atoms with E-state index in [1.807, 2.05) is 13.1 Å². The molecule has 0 radical (unpaired) electrons. The van der Waals surface area contributed by atoms with Gasteiger partial charge in [-0.05, 0) is 42.3 Å². The topological polar surface area (TPSA) is 48.9 Å². The van der Waals surface area contributed by atoms with E-state index < -0.39 is 0 Å². The lowest BCUT2D eigenvalue weighted by Crippen LogP contribution is -2.41. The maximum absolute atomic E-state index is 5.34. The van der Waals surface area contributed by atoms with Crippen LogP contribution in [0.25, 0.3) is 0 Å². The fraction of sp³-hybridized carbons (Fsp3) is 0.450. The summed E-state index contributed by atoms with van der Waals surface area (Å²) in [4.78, 5) is 8.17. The smallest absolute Gasteiger partial charge is 0.190 e. The van der Waals surface area contributed by atoms with Crippen molar-refractivity contribution in [2.45, 2.75) is 12.8 Å². The van der Waals surface area contributed by atoms with E-state index in [1.165, 1.54) is 17.0 Å². The maximum Gasteiger partial charge on any atom is 0.190 e. The molecule has 1 atom stereocenters. The number of ether oxygens (including phenoxy) is 1. The van der Waals surface area contributed by atoms with E-state index >= 15 is 0 Å². The van der Waals surface area contributed by atoms with Crippen molar-refractivity contribution in [2.24, 2.45) is 10.9 Å². The first-order valence-corrected chi connectivity index (χ1v) is 10.0. The van der Waals surface area contributed by atoms with Gasteiger partial charge < -0.3 is 20.3 Å². The van der Waals surface area contributed by atoms with Crippen LogP contribution in [0.4, 0.5) is 5.69 Å². The molecule has 7 heteroatoms. The minimum atomic E-state index is 0. The highest BCUT2D eigenvalue weighted by Gasteiger charge is 2.23. The summed E-state index contributed by atoms with van der Waals surface area (Å²) in [6, 6.07) is 12.6. The van der Waals surface area contributed by atoms with Crippen LogP contribution in [0.2, 0.25) is 0 Å². The van der Waals surface area contributed by atoms with Gasteiger partial charge in [0.1, 0.15) is 5.75 Å². The Balaban J connectivity index is 0.00000261. The number of nitrogens with one attached hydrogen (secondary N) is 2. The molecule has 0 aliphatic carbocycles. The summed E-state index contributed by atoms with van der Waals surface area (Å²) in [5, 5.41) is 9.00. The van der Waals surface area contributed by atoms with Crippen molar-refractivity contribution < 1.29 is 4.74 Å². The van der Waals surface area contributed by atoms with E-state index in [-0.39, 0.29) is 24.0 Å². The number of methoxy groups -OCH3 is 1. The van der Waals surface area contributed by atoms with E-state index in [0.29, 0.717) is 5.92 Å². The molecule has 0 amide bonds. The average Bonchev–Trinajstić information content (AvgIpc) is 3.36. The number of thiophene rings is 1. The highest BCUT2D eigenvalue weighted by atomic mass is 127. The number of rotatable bonds is 7. The van der Waals surface area contributed by atoms with Crippen molar-refractivity contribution in [1.29, 1.82) is 0 Å². The van der Waals surface area contributed by atoms with Crippen LogP contribution in [0.3, 0.4) is 0 Å². The fourth-order valence-electron chi connectivity index (χ4n) is 3.26. The molecule has 1 aliphatic heterocycles. The van der Waals surface area contributed by atoms with Gasteiger partial charge in [-0.3, -0.25) is 4.99 Å². The first-order valence-electron chi connectivity index (χ1n) is 9.14. The van der Waals surface area contributed by atoms with E-state index in [4.69, 9.17) is 4.74 Å². The number of hydrogen-bond acceptors (Lipinski definition) is 4. The SMILES string of the molecule is CN=C(NCCc1cccs1)NCC1CCN(c2cccc(OC)c2)C1.I. The molecule has 0 saturated carbocycles. The Morgan fingerprint density at radius 1 is 1.30 bits per heavy atom. The highest BCUT2D eigenvalue weighted by molar-refractivity contribution is 14.0. The van der Waals surface area contributed by atoms with Gasteiger partial charge in [-0.15, -0.1) is 35.3 Å². The van der Waals surface area contributed by atoms with Gasteiger partial charge in [0.25, 0.3) is 0 Å². The molecule has 5 nitrogen and oxygen atoms in total. The predicted molar refractivity (Wildman–Crippen MR) is 126 cm³/mol. The number of guanidine groups is 1. The van der Waals surface area contributed by atoms with Crippen LogP contribution >= 0.6 is 35.3 Å². The van der Waals surface area contributed by atoms with Gasteiger partial charge in [0, 0.05) is 49.9 Å². The molecule has 2 heterocycles. The predicted octanol–water partition coefficient (Wildman–Crippen LogP) is 3.61. The number of aliphatic imine (C=N–C) groups is 1. The second kappa shape index (κ2) is 11.4. The Labute approximate surface area is 183 Å². The second-order valence-electron chi connectivity index (χ2n) is 6.51. The Morgan fingerprint density at radius 2 is 2.19 bits per heavy atom. The van der Waals surface area contributed by atoms with Crippen LogP contribution in [0.15, 0.2) is 46.8 Å². The second-order valence-corrected chi connectivity index (χ2v) is 7.54. The zero-order valence-corrected chi connectivity index (χ0v) is 19.1. The average molecular weight is 500 g/mol. The molecule has 148 valence electrons. The number of hydrogen-bond donors (Lipinski definition) is 2. The van der Waals surface area contributed by atoms with E-state index in [9.17, 15) is 0 Å². The third-order valence-corrected chi connectivity index (χ3v) is 5.67. The Kier molecular flexibility index (Phi) is 9.20. The van der Waals surface area contributed by atoms with Gasteiger partial charge in [0.15, 0.2) is 5.96 Å².